The van der Waals surface area contributed by atoms with Gasteiger partial charge in [-0.15, -0.1) is 0 Å². The maximum absolute atomic E-state index is 13.5. The molecule has 1 fully saturated rings. The van der Waals surface area contributed by atoms with Gasteiger partial charge in [0.05, 0.1) is 33.2 Å². The van der Waals surface area contributed by atoms with Crippen LogP contribution in [-0.2, 0) is 24.3 Å². The van der Waals surface area contributed by atoms with Crippen molar-refractivity contribution in [3.63, 3.8) is 0 Å². The third-order valence-corrected chi connectivity index (χ3v) is 8.14. The van der Waals surface area contributed by atoms with Gasteiger partial charge in [0.1, 0.15) is 6.54 Å². The average Bonchev–Trinajstić information content (AvgIpc) is 2.80. The molecular formula is C23H26Cl2N2O5S. The number of carbonyl (C=O) groups excluding carboxylic acids is 2. The standard InChI is InChI=1S/C23H26Cl2N2O5S/c1-3-32-23(29)17-11-13-26(14-12-17)21(28)15-27(20-6-4-5-19(24)22(20)25)33(30,31)18-9-7-16(2)8-10-18/h4-10,17H,3,11-15H2,1-2H3. The second-order valence-corrected chi connectivity index (χ2v) is 10.5. The summed E-state index contributed by atoms with van der Waals surface area (Å²) in [5, 5.41) is 0.227. The first-order chi connectivity index (χ1) is 15.6. The fourth-order valence-corrected chi connectivity index (χ4v) is 5.54. The van der Waals surface area contributed by atoms with E-state index in [0.717, 1.165) is 9.87 Å². The highest BCUT2D eigenvalue weighted by Gasteiger charge is 2.33. The normalized spacial score (nSPS) is 14.7. The smallest absolute Gasteiger partial charge is 0.309 e. The largest absolute Gasteiger partial charge is 0.466 e. The molecule has 0 saturated carbocycles. The molecule has 2 aromatic carbocycles. The number of amides is 1. The molecule has 178 valence electrons. The van der Waals surface area contributed by atoms with Crippen molar-refractivity contribution in [3.05, 3.63) is 58.1 Å². The molecule has 0 aromatic heterocycles. The number of hydrogen-bond acceptors (Lipinski definition) is 5. The fraction of sp³-hybridized carbons (Fsp3) is 0.391. The Morgan fingerprint density at radius 2 is 1.73 bits per heavy atom. The van der Waals surface area contributed by atoms with E-state index in [9.17, 15) is 18.0 Å². The van der Waals surface area contributed by atoms with Gasteiger partial charge in [-0.3, -0.25) is 13.9 Å². The molecular weight excluding hydrogens is 487 g/mol. The Labute approximate surface area is 204 Å². The minimum Gasteiger partial charge on any atom is -0.466 e. The Morgan fingerprint density at radius 1 is 1.09 bits per heavy atom. The van der Waals surface area contributed by atoms with E-state index in [1.165, 1.54) is 18.2 Å². The summed E-state index contributed by atoms with van der Waals surface area (Å²) in [6.07, 6.45) is 0.931. The topological polar surface area (TPSA) is 84.0 Å². The van der Waals surface area contributed by atoms with E-state index in [-0.39, 0.29) is 38.4 Å². The number of aryl methyl sites for hydroxylation is 1. The summed E-state index contributed by atoms with van der Waals surface area (Å²) < 4.78 is 33.1. The quantitative estimate of drug-likeness (QED) is 0.516. The summed E-state index contributed by atoms with van der Waals surface area (Å²) in [6.45, 7) is 4.14. The van der Waals surface area contributed by atoms with Crippen molar-refractivity contribution < 1.29 is 22.7 Å². The van der Waals surface area contributed by atoms with Crippen LogP contribution in [0.25, 0.3) is 0 Å². The van der Waals surface area contributed by atoms with Crippen molar-refractivity contribution in [3.8, 4) is 0 Å². The SMILES string of the molecule is CCOC(=O)C1CCN(C(=O)CN(c2cccc(Cl)c2Cl)S(=O)(=O)c2ccc(C)cc2)CC1. The molecule has 2 aromatic rings. The molecule has 0 atom stereocenters. The number of anilines is 1. The summed E-state index contributed by atoms with van der Waals surface area (Å²) >= 11 is 12.5. The molecule has 1 aliphatic heterocycles. The van der Waals surface area contributed by atoms with Gasteiger partial charge < -0.3 is 9.64 Å². The zero-order valence-corrected chi connectivity index (χ0v) is 20.8. The van der Waals surface area contributed by atoms with E-state index in [1.54, 1.807) is 36.1 Å². The lowest BCUT2D eigenvalue weighted by atomic mass is 9.97. The van der Waals surface area contributed by atoms with Crippen LogP contribution in [0.2, 0.25) is 10.0 Å². The van der Waals surface area contributed by atoms with Crippen LogP contribution in [0.15, 0.2) is 47.4 Å². The minimum atomic E-state index is -4.11. The molecule has 0 N–H and O–H groups in total. The lowest BCUT2D eigenvalue weighted by Gasteiger charge is -2.33. The van der Waals surface area contributed by atoms with E-state index in [0.29, 0.717) is 32.5 Å². The number of rotatable bonds is 7. The van der Waals surface area contributed by atoms with Gasteiger partial charge in [0.15, 0.2) is 0 Å². The van der Waals surface area contributed by atoms with Crippen molar-refractivity contribution in [2.24, 2.45) is 5.92 Å². The Balaban J connectivity index is 1.87. The van der Waals surface area contributed by atoms with Crippen molar-refractivity contribution in [2.75, 3.05) is 30.5 Å². The van der Waals surface area contributed by atoms with Crippen LogP contribution in [0.3, 0.4) is 0 Å². The van der Waals surface area contributed by atoms with Crippen molar-refractivity contribution in [1.29, 1.82) is 0 Å². The first kappa shape index (κ1) is 25.3. The molecule has 1 amide bonds. The minimum absolute atomic E-state index is 0.0398. The van der Waals surface area contributed by atoms with E-state index in [1.807, 2.05) is 6.92 Å². The van der Waals surface area contributed by atoms with Gasteiger partial charge in [-0.25, -0.2) is 8.42 Å². The monoisotopic (exact) mass is 512 g/mol. The number of benzene rings is 2. The molecule has 3 rings (SSSR count). The Kier molecular flexibility index (Phi) is 8.26. The Bertz CT molecular complexity index is 1110. The van der Waals surface area contributed by atoms with E-state index in [2.05, 4.69) is 0 Å². The highest BCUT2D eigenvalue weighted by molar-refractivity contribution is 7.92. The molecule has 0 bridgehead atoms. The molecule has 0 unspecified atom stereocenters. The van der Waals surface area contributed by atoms with Gasteiger partial charge in [-0.05, 0) is 51.0 Å². The molecule has 0 spiro atoms. The number of esters is 1. The molecule has 0 aliphatic carbocycles. The third kappa shape index (κ3) is 5.80. The van der Waals surface area contributed by atoms with Crippen molar-refractivity contribution >= 4 is 50.8 Å². The molecule has 0 radical (unpaired) electrons. The number of carbonyl (C=O) groups is 2. The highest BCUT2D eigenvalue weighted by atomic mass is 35.5. The predicted molar refractivity (Wildman–Crippen MR) is 128 cm³/mol. The maximum Gasteiger partial charge on any atom is 0.309 e. The molecule has 10 heteroatoms. The lowest BCUT2D eigenvalue weighted by molar-refractivity contribution is -0.151. The van der Waals surface area contributed by atoms with E-state index in [4.69, 9.17) is 27.9 Å². The zero-order valence-electron chi connectivity index (χ0n) is 18.5. The first-order valence-electron chi connectivity index (χ1n) is 10.6. The molecule has 1 aliphatic rings. The number of nitrogens with zero attached hydrogens (tertiary/aromatic N) is 2. The molecule has 1 heterocycles. The maximum atomic E-state index is 13.5. The van der Waals surface area contributed by atoms with E-state index < -0.39 is 16.6 Å². The molecule has 33 heavy (non-hydrogen) atoms. The highest BCUT2D eigenvalue weighted by Crippen LogP contribution is 2.35. The van der Waals surface area contributed by atoms with Crippen LogP contribution >= 0.6 is 23.2 Å². The average molecular weight is 513 g/mol. The number of ether oxygens (including phenoxy) is 1. The third-order valence-electron chi connectivity index (χ3n) is 5.56. The van der Waals surface area contributed by atoms with Gasteiger partial charge in [0.25, 0.3) is 10.0 Å². The second kappa shape index (κ2) is 10.8. The van der Waals surface area contributed by atoms with Gasteiger partial charge in [-0.1, -0.05) is 47.0 Å². The van der Waals surface area contributed by atoms with Gasteiger partial charge >= 0.3 is 5.97 Å². The van der Waals surface area contributed by atoms with Crippen LogP contribution < -0.4 is 4.31 Å². The molecule has 1 saturated heterocycles. The predicted octanol–water partition coefficient (Wildman–Crippen LogP) is 4.30. The Hall–Kier alpha value is -2.29. The number of sulfonamides is 1. The van der Waals surface area contributed by atoms with Crippen LogP contribution in [0.1, 0.15) is 25.3 Å². The summed E-state index contributed by atoms with van der Waals surface area (Å²) in [4.78, 5) is 26.7. The number of likely N-dealkylation sites (tertiary alicyclic amines) is 1. The lowest BCUT2D eigenvalue weighted by Crippen LogP contribution is -2.46. The number of hydrogen-bond donors (Lipinski definition) is 0. The number of halogens is 2. The fourth-order valence-electron chi connectivity index (χ4n) is 3.67. The molecule has 7 nitrogen and oxygen atoms in total. The number of piperidine rings is 1. The van der Waals surface area contributed by atoms with Crippen molar-refractivity contribution in [1.82, 2.24) is 4.90 Å². The van der Waals surface area contributed by atoms with E-state index >= 15 is 0 Å². The zero-order chi connectivity index (χ0) is 24.2. The Morgan fingerprint density at radius 3 is 2.33 bits per heavy atom. The summed E-state index contributed by atoms with van der Waals surface area (Å²) in [7, 11) is -4.11. The van der Waals surface area contributed by atoms with Gasteiger partial charge in [0.2, 0.25) is 5.91 Å². The summed E-state index contributed by atoms with van der Waals surface area (Å²) in [5.41, 5.74) is 1.03. The summed E-state index contributed by atoms with van der Waals surface area (Å²) in [6, 6.07) is 11.0. The van der Waals surface area contributed by atoms with Gasteiger partial charge in [-0.2, -0.15) is 0 Å². The second-order valence-electron chi connectivity index (χ2n) is 7.80. The van der Waals surface area contributed by atoms with Gasteiger partial charge in [0, 0.05) is 13.1 Å². The van der Waals surface area contributed by atoms with Crippen molar-refractivity contribution in [2.45, 2.75) is 31.6 Å². The van der Waals surface area contributed by atoms with Crippen LogP contribution in [0.4, 0.5) is 5.69 Å². The summed E-state index contributed by atoms with van der Waals surface area (Å²) in [5.74, 6) is -0.910. The van der Waals surface area contributed by atoms with Crippen LogP contribution in [0.5, 0.6) is 0 Å². The van der Waals surface area contributed by atoms with Crippen LogP contribution in [-0.4, -0.2) is 51.4 Å². The van der Waals surface area contributed by atoms with Crippen LogP contribution in [0, 0.1) is 12.8 Å². The first-order valence-corrected chi connectivity index (χ1v) is 12.8.